The van der Waals surface area contributed by atoms with E-state index in [1.807, 2.05) is 43.5 Å². The number of aromatic nitrogens is 1. The van der Waals surface area contributed by atoms with E-state index in [0.29, 0.717) is 11.3 Å². The largest absolute Gasteiger partial charge is 0.454 e. The number of rotatable bonds is 8. The molecule has 1 aromatic heterocycles. The zero-order valence-corrected chi connectivity index (χ0v) is 19.9. The molecule has 2 aromatic carbocycles. The maximum Gasteiger partial charge on any atom is 0.329 e. The van der Waals surface area contributed by atoms with Gasteiger partial charge in [-0.1, -0.05) is 43.7 Å². The zero-order valence-electron chi connectivity index (χ0n) is 19.0. The summed E-state index contributed by atoms with van der Waals surface area (Å²) in [6.07, 6.45) is 0. The van der Waals surface area contributed by atoms with E-state index in [-0.39, 0.29) is 11.8 Å². The highest BCUT2D eigenvalue weighted by atomic mass is 32.1. The highest BCUT2D eigenvalue weighted by Crippen LogP contribution is 2.24. The van der Waals surface area contributed by atoms with Crippen LogP contribution in [0.1, 0.15) is 34.8 Å². The lowest BCUT2D eigenvalue weighted by Gasteiger charge is -2.21. The Balaban J connectivity index is 1.57. The van der Waals surface area contributed by atoms with Crippen molar-refractivity contribution in [2.75, 3.05) is 11.9 Å². The van der Waals surface area contributed by atoms with Gasteiger partial charge in [0.05, 0.1) is 10.7 Å². The molecule has 0 aliphatic rings. The Bertz CT molecular complexity index is 1160. The number of amides is 2. The number of aryl methyl sites for hydroxylation is 2. The number of anilines is 1. The van der Waals surface area contributed by atoms with Crippen LogP contribution >= 0.6 is 11.3 Å². The molecule has 0 bridgehead atoms. The second-order valence-electron chi connectivity index (χ2n) is 8.05. The molecule has 0 spiro atoms. The fourth-order valence-corrected chi connectivity index (χ4v) is 3.81. The third-order valence-corrected chi connectivity index (χ3v) is 5.67. The van der Waals surface area contributed by atoms with E-state index in [1.54, 1.807) is 49.4 Å². The molecule has 2 amide bonds. The average Bonchev–Trinajstić information content (AvgIpc) is 3.22. The molecule has 0 saturated heterocycles. The van der Waals surface area contributed by atoms with Gasteiger partial charge in [0.1, 0.15) is 6.04 Å². The van der Waals surface area contributed by atoms with E-state index in [9.17, 15) is 14.4 Å². The summed E-state index contributed by atoms with van der Waals surface area (Å²) in [5, 5.41) is 8.35. The first-order valence-corrected chi connectivity index (χ1v) is 11.5. The van der Waals surface area contributed by atoms with Crippen LogP contribution in [0.2, 0.25) is 0 Å². The van der Waals surface area contributed by atoms with E-state index in [2.05, 4.69) is 15.6 Å². The summed E-state index contributed by atoms with van der Waals surface area (Å²) in [4.78, 5) is 41.9. The molecular weight excluding hydrogens is 438 g/mol. The van der Waals surface area contributed by atoms with Crippen molar-refractivity contribution in [1.29, 1.82) is 0 Å². The van der Waals surface area contributed by atoms with Gasteiger partial charge in [-0.3, -0.25) is 9.59 Å². The summed E-state index contributed by atoms with van der Waals surface area (Å²) >= 11 is 1.55. The molecule has 172 valence electrons. The summed E-state index contributed by atoms with van der Waals surface area (Å²) in [5.74, 6) is -1.71. The minimum atomic E-state index is -0.873. The standard InChI is InChI=1S/C25H27N3O4S/c1-15(2)23(28-24(30)19-9-5-7-16(3)11-19)25(31)32-13-22(29)27-20-10-6-8-18(12-20)21-14-33-17(4)26-21/h5-12,14-15,23H,13H2,1-4H3,(H,27,29)(H,28,30)/t23-/m0/s1. The van der Waals surface area contributed by atoms with Crippen LogP contribution in [-0.4, -0.2) is 35.4 Å². The first-order chi connectivity index (χ1) is 15.7. The topological polar surface area (TPSA) is 97.4 Å². The molecule has 1 atom stereocenters. The van der Waals surface area contributed by atoms with Gasteiger partial charge in [0, 0.05) is 22.2 Å². The maximum atomic E-state index is 12.6. The first kappa shape index (κ1) is 24.1. The lowest BCUT2D eigenvalue weighted by atomic mass is 10.0. The molecule has 1 heterocycles. The molecule has 0 radical (unpaired) electrons. The molecule has 3 rings (SSSR count). The maximum absolute atomic E-state index is 12.6. The molecule has 0 fully saturated rings. The van der Waals surface area contributed by atoms with Gasteiger partial charge in [-0.15, -0.1) is 11.3 Å². The van der Waals surface area contributed by atoms with Crippen LogP contribution in [0.3, 0.4) is 0 Å². The lowest BCUT2D eigenvalue weighted by Crippen LogP contribution is -2.46. The molecule has 0 aliphatic heterocycles. The van der Waals surface area contributed by atoms with Gasteiger partial charge in [-0.25, -0.2) is 9.78 Å². The zero-order chi connectivity index (χ0) is 24.0. The van der Waals surface area contributed by atoms with E-state index < -0.39 is 24.5 Å². The number of hydrogen-bond acceptors (Lipinski definition) is 6. The van der Waals surface area contributed by atoms with Crippen LogP contribution in [0.15, 0.2) is 53.9 Å². The Kier molecular flexibility index (Phi) is 7.95. The van der Waals surface area contributed by atoms with Crippen molar-refractivity contribution in [3.8, 4) is 11.3 Å². The molecular formula is C25H27N3O4S. The number of esters is 1. The highest BCUT2D eigenvalue weighted by molar-refractivity contribution is 7.09. The van der Waals surface area contributed by atoms with Gasteiger partial charge < -0.3 is 15.4 Å². The van der Waals surface area contributed by atoms with Crippen LogP contribution in [-0.2, 0) is 14.3 Å². The van der Waals surface area contributed by atoms with Crippen LogP contribution in [0.4, 0.5) is 5.69 Å². The summed E-state index contributed by atoms with van der Waals surface area (Å²) < 4.78 is 5.20. The van der Waals surface area contributed by atoms with Crippen LogP contribution in [0.5, 0.6) is 0 Å². The smallest absolute Gasteiger partial charge is 0.329 e. The molecule has 7 nitrogen and oxygen atoms in total. The Morgan fingerprint density at radius 2 is 1.82 bits per heavy atom. The summed E-state index contributed by atoms with van der Waals surface area (Å²) in [7, 11) is 0. The second kappa shape index (κ2) is 10.9. The summed E-state index contributed by atoms with van der Waals surface area (Å²) in [6.45, 7) is 6.96. The number of hydrogen-bond donors (Lipinski definition) is 2. The number of carbonyl (C=O) groups is 3. The minimum absolute atomic E-state index is 0.215. The SMILES string of the molecule is Cc1cccc(C(=O)N[C@H](C(=O)OCC(=O)Nc2cccc(-c3csc(C)n3)c2)C(C)C)c1. The molecule has 2 N–H and O–H groups in total. The van der Waals surface area contributed by atoms with Crippen LogP contribution in [0.25, 0.3) is 11.3 Å². The van der Waals surface area contributed by atoms with Crippen molar-refractivity contribution < 1.29 is 19.1 Å². The quantitative estimate of drug-likeness (QED) is 0.482. The molecule has 0 aliphatic carbocycles. The van der Waals surface area contributed by atoms with Crippen molar-refractivity contribution in [2.24, 2.45) is 5.92 Å². The summed E-state index contributed by atoms with van der Waals surface area (Å²) in [6, 6.07) is 13.5. The molecule has 0 saturated carbocycles. The third-order valence-electron chi connectivity index (χ3n) is 4.89. The van der Waals surface area contributed by atoms with Gasteiger partial charge in [-0.05, 0) is 44.0 Å². The number of nitrogens with one attached hydrogen (secondary N) is 2. The van der Waals surface area contributed by atoms with Gasteiger partial charge in [0.15, 0.2) is 6.61 Å². The van der Waals surface area contributed by atoms with Crippen molar-refractivity contribution >= 4 is 34.8 Å². The van der Waals surface area contributed by atoms with E-state index in [1.165, 1.54) is 0 Å². The Labute approximate surface area is 197 Å². The van der Waals surface area contributed by atoms with Gasteiger partial charge in [0.2, 0.25) is 0 Å². The van der Waals surface area contributed by atoms with Crippen molar-refractivity contribution in [3.63, 3.8) is 0 Å². The highest BCUT2D eigenvalue weighted by Gasteiger charge is 2.26. The van der Waals surface area contributed by atoms with E-state index in [0.717, 1.165) is 21.8 Å². The van der Waals surface area contributed by atoms with E-state index in [4.69, 9.17) is 4.74 Å². The molecule has 33 heavy (non-hydrogen) atoms. The summed E-state index contributed by atoms with van der Waals surface area (Å²) in [5.41, 5.74) is 3.70. The van der Waals surface area contributed by atoms with Crippen molar-refractivity contribution in [3.05, 3.63) is 70.0 Å². The van der Waals surface area contributed by atoms with Crippen LogP contribution in [0, 0.1) is 19.8 Å². The molecule has 3 aromatic rings. The minimum Gasteiger partial charge on any atom is -0.454 e. The number of carbonyl (C=O) groups excluding carboxylic acids is 3. The fourth-order valence-electron chi connectivity index (χ4n) is 3.18. The Morgan fingerprint density at radius 3 is 2.48 bits per heavy atom. The average molecular weight is 466 g/mol. The molecule has 8 heteroatoms. The van der Waals surface area contributed by atoms with Crippen LogP contribution < -0.4 is 10.6 Å². The third kappa shape index (κ3) is 6.73. The van der Waals surface area contributed by atoms with Gasteiger partial charge >= 0.3 is 5.97 Å². The van der Waals surface area contributed by atoms with Gasteiger partial charge in [-0.2, -0.15) is 0 Å². The number of benzene rings is 2. The predicted molar refractivity (Wildman–Crippen MR) is 129 cm³/mol. The fraction of sp³-hybridized carbons (Fsp3) is 0.280. The monoisotopic (exact) mass is 465 g/mol. The predicted octanol–water partition coefficient (Wildman–Crippen LogP) is 4.36. The number of ether oxygens (including phenoxy) is 1. The number of nitrogens with zero attached hydrogens (tertiary/aromatic N) is 1. The normalized spacial score (nSPS) is 11.7. The van der Waals surface area contributed by atoms with E-state index >= 15 is 0 Å². The molecule has 0 unspecified atom stereocenters. The van der Waals surface area contributed by atoms with Crippen molar-refractivity contribution in [2.45, 2.75) is 33.7 Å². The van der Waals surface area contributed by atoms with Gasteiger partial charge in [0.25, 0.3) is 11.8 Å². The Morgan fingerprint density at radius 1 is 1.06 bits per heavy atom. The number of thiazole rings is 1. The Hall–Kier alpha value is -3.52. The first-order valence-electron chi connectivity index (χ1n) is 10.6. The van der Waals surface area contributed by atoms with Crippen molar-refractivity contribution in [1.82, 2.24) is 10.3 Å². The lowest BCUT2D eigenvalue weighted by molar-refractivity contribution is -0.150. The second-order valence-corrected chi connectivity index (χ2v) is 9.12.